The lowest BCUT2D eigenvalue weighted by atomic mass is 10.2. The van der Waals surface area contributed by atoms with Crippen LogP contribution in [0.2, 0.25) is 0 Å². The molecule has 2 aromatic heterocycles. The van der Waals surface area contributed by atoms with Gasteiger partial charge >= 0.3 is 0 Å². The highest BCUT2D eigenvalue weighted by Gasteiger charge is 2.11. The van der Waals surface area contributed by atoms with Gasteiger partial charge in [-0.2, -0.15) is 15.3 Å². The highest BCUT2D eigenvalue weighted by atomic mass is 16.2. The van der Waals surface area contributed by atoms with Crippen LogP contribution >= 0.6 is 0 Å². The minimum atomic E-state index is -0.275. The smallest absolute Gasteiger partial charge is 0.261 e. The van der Waals surface area contributed by atoms with E-state index < -0.39 is 0 Å². The van der Waals surface area contributed by atoms with Crippen molar-refractivity contribution in [2.75, 3.05) is 0 Å². The van der Waals surface area contributed by atoms with Crippen LogP contribution in [-0.2, 0) is 11.3 Å². The zero-order valence-corrected chi connectivity index (χ0v) is 13.4. The maximum atomic E-state index is 11.8. The first-order valence-corrected chi connectivity index (χ1v) is 7.41. The summed E-state index contributed by atoms with van der Waals surface area (Å²) in [5.74, 6) is -0.275. The quantitative estimate of drug-likeness (QED) is 0.565. The first-order chi connectivity index (χ1) is 11.6. The Bertz CT molecular complexity index is 850. The normalized spacial score (nSPS) is 11.1. The lowest BCUT2D eigenvalue weighted by Gasteiger charge is -2.03. The van der Waals surface area contributed by atoms with E-state index in [1.54, 1.807) is 6.21 Å². The molecule has 0 saturated carbocycles. The molecule has 24 heavy (non-hydrogen) atoms. The monoisotopic (exact) mass is 323 g/mol. The molecule has 8 heteroatoms. The third-order valence-corrected chi connectivity index (χ3v) is 3.50. The minimum Gasteiger partial charge on any atom is -0.271 e. The third-order valence-electron chi connectivity index (χ3n) is 3.50. The third kappa shape index (κ3) is 3.37. The highest BCUT2D eigenvalue weighted by molar-refractivity contribution is 5.84. The summed E-state index contributed by atoms with van der Waals surface area (Å²) in [4.78, 5) is 15.5. The Morgan fingerprint density at radius 2 is 2.08 bits per heavy atom. The molecule has 0 bridgehead atoms. The molecule has 8 nitrogen and oxygen atoms in total. The van der Waals surface area contributed by atoms with Crippen LogP contribution in [-0.4, -0.2) is 36.7 Å². The van der Waals surface area contributed by atoms with Crippen LogP contribution < -0.4 is 5.43 Å². The van der Waals surface area contributed by atoms with Crippen molar-refractivity contribution in [3.8, 4) is 5.69 Å². The molecule has 0 atom stereocenters. The van der Waals surface area contributed by atoms with Crippen LogP contribution in [0.3, 0.4) is 0 Å². The van der Waals surface area contributed by atoms with Crippen LogP contribution in [0.5, 0.6) is 0 Å². The summed E-state index contributed by atoms with van der Waals surface area (Å²) in [6.45, 7) is 3.94. The predicted octanol–water partition coefficient (Wildman–Crippen LogP) is 1.23. The van der Waals surface area contributed by atoms with Gasteiger partial charge < -0.3 is 0 Å². The summed E-state index contributed by atoms with van der Waals surface area (Å²) >= 11 is 0. The molecule has 122 valence electrons. The first kappa shape index (κ1) is 15.6. The van der Waals surface area contributed by atoms with Crippen LogP contribution in [0, 0.1) is 13.8 Å². The van der Waals surface area contributed by atoms with E-state index in [0.29, 0.717) is 0 Å². The van der Waals surface area contributed by atoms with E-state index in [4.69, 9.17) is 0 Å². The van der Waals surface area contributed by atoms with Gasteiger partial charge in [0, 0.05) is 5.56 Å². The van der Waals surface area contributed by atoms with Gasteiger partial charge in [-0.25, -0.2) is 19.8 Å². The van der Waals surface area contributed by atoms with E-state index in [2.05, 4.69) is 25.7 Å². The first-order valence-electron chi connectivity index (χ1n) is 7.41. The Morgan fingerprint density at radius 1 is 1.29 bits per heavy atom. The predicted molar refractivity (Wildman–Crippen MR) is 88.8 cm³/mol. The fraction of sp³-hybridized carbons (Fsp3) is 0.188. The molecule has 0 spiro atoms. The van der Waals surface area contributed by atoms with Gasteiger partial charge in [-0.1, -0.05) is 18.2 Å². The van der Waals surface area contributed by atoms with Gasteiger partial charge in [-0.15, -0.1) is 0 Å². The van der Waals surface area contributed by atoms with Crippen molar-refractivity contribution in [3.05, 3.63) is 59.9 Å². The number of para-hydroxylation sites is 1. The molecule has 0 saturated heterocycles. The molecular weight excluding hydrogens is 306 g/mol. The molecular formula is C16H17N7O. The summed E-state index contributed by atoms with van der Waals surface area (Å²) in [7, 11) is 0. The van der Waals surface area contributed by atoms with Gasteiger partial charge in [0.2, 0.25) is 0 Å². The number of carbonyl (C=O) groups is 1. The number of nitrogens with one attached hydrogen (secondary N) is 1. The number of amides is 1. The van der Waals surface area contributed by atoms with Crippen LogP contribution in [0.1, 0.15) is 17.0 Å². The van der Waals surface area contributed by atoms with Crippen molar-refractivity contribution in [1.82, 2.24) is 30.0 Å². The van der Waals surface area contributed by atoms with Crippen molar-refractivity contribution in [2.45, 2.75) is 20.4 Å². The Morgan fingerprint density at radius 3 is 2.79 bits per heavy atom. The summed E-state index contributed by atoms with van der Waals surface area (Å²) in [6.07, 6.45) is 4.46. The number of aryl methyl sites for hydroxylation is 1. The van der Waals surface area contributed by atoms with Gasteiger partial charge in [0.05, 0.1) is 23.3 Å². The second kappa shape index (κ2) is 6.86. The van der Waals surface area contributed by atoms with Crippen molar-refractivity contribution in [1.29, 1.82) is 0 Å². The average Bonchev–Trinajstić information content (AvgIpc) is 3.18. The Balaban J connectivity index is 1.71. The number of carbonyl (C=O) groups excluding carboxylic acids is 1. The fourth-order valence-corrected chi connectivity index (χ4v) is 2.33. The summed E-state index contributed by atoms with van der Waals surface area (Å²) in [5.41, 5.74) is 6.12. The summed E-state index contributed by atoms with van der Waals surface area (Å²) < 4.78 is 3.28. The van der Waals surface area contributed by atoms with E-state index in [9.17, 15) is 4.79 Å². The number of aromatic nitrogens is 5. The van der Waals surface area contributed by atoms with E-state index in [0.717, 1.165) is 22.6 Å². The molecule has 0 fully saturated rings. The van der Waals surface area contributed by atoms with Gasteiger partial charge in [-0.3, -0.25) is 4.79 Å². The summed E-state index contributed by atoms with van der Waals surface area (Å²) in [6, 6.07) is 9.86. The number of nitrogens with zero attached hydrogens (tertiary/aromatic N) is 6. The molecule has 0 unspecified atom stereocenters. The number of hydrogen-bond acceptors (Lipinski definition) is 5. The minimum absolute atomic E-state index is 0.0680. The highest BCUT2D eigenvalue weighted by Crippen LogP contribution is 2.15. The van der Waals surface area contributed by atoms with Crippen LogP contribution in [0.25, 0.3) is 5.69 Å². The molecule has 0 aliphatic heterocycles. The van der Waals surface area contributed by atoms with Gasteiger partial charge in [-0.05, 0) is 26.0 Å². The van der Waals surface area contributed by atoms with Crippen molar-refractivity contribution in [3.63, 3.8) is 0 Å². The van der Waals surface area contributed by atoms with Crippen LogP contribution in [0.15, 0.2) is 48.1 Å². The van der Waals surface area contributed by atoms with Crippen molar-refractivity contribution in [2.24, 2.45) is 5.10 Å². The molecule has 0 radical (unpaired) electrons. The SMILES string of the molecule is Cc1nn(-c2ccccc2)c(C)c1C=NNC(=O)Cn1cncn1. The number of hydrazone groups is 1. The maximum absolute atomic E-state index is 11.8. The van der Waals surface area contributed by atoms with Crippen molar-refractivity contribution >= 4 is 12.1 Å². The molecule has 2 heterocycles. The molecule has 1 N–H and O–H groups in total. The van der Waals surface area contributed by atoms with Crippen LogP contribution in [0.4, 0.5) is 0 Å². The molecule has 3 aromatic rings. The second-order valence-electron chi connectivity index (χ2n) is 5.22. The van der Waals surface area contributed by atoms with Gasteiger partial charge in [0.25, 0.3) is 5.91 Å². The fourth-order valence-electron chi connectivity index (χ4n) is 2.33. The van der Waals surface area contributed by atoms with Gasteiger partial charge in [0.15, 0.2) is 0 Å². The lowest BCUT2D eigenvalue weighted by molar-refractivity contribution is -0.121. The average molecular weight is 323 g/mol. The summed E-state index contributed by atoms with van der Waals surface area (Å²) in [5, 5.41) is 12.4. The molecule has 0 aliphatic rings. The Hall–Kier alpha value is -3.29. The topological polar surface area (TPSA) is 90.0 Å². The van der Waals surface area contributed by atoms with Gasteiger partial charge in [0.1, 0.15) is 19.2 Å². The largest absolute Gasteiger partial charge is 0.271 e. The zero-order chi connectivity index (χ0) is 16.9. The second-order valence-corrected chi connectivity index (χ2v) is 5.22. The molecule has 1 aromatic carbocycles. The Kier molecular flexibility index (Phi) is 4.46. The molecule has 0 aliphatic carbocycles. The van der Waals surface area contributed by atoms with Crippen molar-refractivity contribution < 1.29 is 4.79 Å². The number of rotatable bonds is 5. The molecule has 3 rings (SSSR count). The zero-order valence-electron chi connectivity index (χ0n) is 13.4. The molecule has 1 amide bonds. The standard InChI is InChI=1S/C16H17N7O/c1-12-15(8-18-20-16(24)9-22-11-17-10-19-22)13(2)23(21-12)14-6-4-3-5-7-14/h3-8,10-11H,9H2,1-2H3,(H,20,24). The van der Waals surface area contributed by atoms with E-state index >= 15 is 0 Å². The number of hydrogen-bond donors (Lipinski definition) is 1. The van der Waals surface area contributed by atoms with E-state index in [1.165, 1.54) is 17.3 Å². The number of benzene rings is 1. The Labute approximate surface area is 138 Å². The van der Waals surface area contributed by atoms with E-state index in [-0.39, 0.29) is 12.5 Å². The maximum Gasteiger partial charge on any atom is 0.261 e. The van der Waals surface area contributed by atoms with E-state index in [1.807, 2.05) is 48.9 Å². The lowest BCUT2D eigenvalue weighted by Crippen LogP contribution is -2.23.